The van der Waals surface area contributed by atoms with Gasteiger partial charge in [-0.15, -0.1) is 0 Å². The lowest BCUT2D eigenvalue weighted by molar-refractivity contribution is 0.211. The van der Waals surface area contributed by atoms with Crippen molar-refractivity contribution in [3.63, 3.8) is 0 Å². The molecular formula is C15H17N5O. The molecule has 0 unspecified atom stereocenters. The Hall–Kier alpha value is -2.57. The van der Waals surface area contributed by atoms with Crippen LogP contribution in [-0.2, 0) is 0 Å². The van der Waals surface area contributed by atoms with Crippen LogP contribution in [0.15, 0.2) is 24.3 Å². The number of anilines is 1. The van der Waals surface area contributed by atoms with E-state index in [9.17, 15) is 4.79 Å². The quantitative estimate of drug-likeness (QED) is 0.825. The third-order valence-electron chi connectivity index (χ3n) is 3.47. The summed E-state index contributed by atoms with van der Waals surface area (Å²) < 4.78 is 0. The van der Waals surface area contributed by atoms with E-state index in [1.165, 1.54) is 0 Å². The first-order chi connectivity index (χ1) is 10.2. The molecule has 2 amide bonds. The molecule has 0 aromatic heterocycles. The molecule has 0 saturated carbocycles. The highest BCUT2D eigenvalue weighted by Crippen LogP contribution is 2.12. The summed E-state index contributed by atoms with van der Waals surface area (Å²) in [6.45, 7) is 2.09. The molecular weight excluding hydrogens is 266 g/mol. The Balaban J connectivity index is 1.80. The Morgan fingerprint density at radius 2 is 2.10 bits per heavy atom. The second-order valence-corrected chi connectivity index (χ2v) is 5.00. The van der Waals surface area contributed by atoms with E-state index >= 15 is 0 Å². The zero-order chi connectivity index (χ0) is 15.1. The number of hydrogen-bond acceptors (Lipinski definition) is 4. The van der Waals surface area contributed by atoms with Crippen LogP contribution in [0.1, 0.15) is 18.4 Å². The van der Waals surface area contributed by atoms with E-state index in [1.54, 1.807) is 24.3 Å². The zero-order valence-corrected chi connectivity index (χ0v) is 11.7. The van der Waals surface area contributed by atoms with Crippen molar-refractivity contribution in [2.45, 2.75) is 18.9 Å². The summed E-state index contributed by atoms with van der Waals surface area (Å²) in [7, 11) is 0. The minimum Gasteiger partial charge on any atom is -0.335 e. The fourth-order valence-corrected chi connectivity index (χ4v) is 2.35. The summed E-state index contributed by atoms with van der Waals surface area (Å²) in [6, 6.07) is 10.8. The summed E-state index contributed by atoms with van der Waals surface area (Å²) in [4.78, 5) is 14.0. The number of nitriles is 2. The minimum absolute atomic E-state index is 0.124. The second-order valence-electron chi connectivity index (χ2n) is 5.00. The fourth-order valence-electron chi connectivity index (χ4n) is 2.35. The molecule has 0 bridgehead atoms. The van der Waals surface area contributed by atoms with Gasteiger partial charge >= 0.3 is 6.03 Å². The average Bonchev–Trinajstić information content (AvgIpc) is 2.49. The molecule has 2 rings (SSSR count). The van der Waals surface area contributed by atoms with E-state index in [0.717, 1.165) is 25.9 Å². The predicted octanol–water partition coefficient (Wildman–Crippen LogP) is 1.67. The van der Waals surface area contributed by atoms with Crippen molar-refractivity contribution in [3.05, 3.63) is 29.8 Å². The zero-order valence-electron chi connectivity index (χ0n) is 11.7. The molecule has 1 aromatic rings. The van der Waals surface area contributed by atoms with Crippen molar-refractivity contribution in [3.8, 4) is 12.1 Å². The number of benzene rings is 1. The smallest absolute Gasteiger partial charge is 0.319 e. The third-order valence-corrected chi connectivity index (χ3v) is 3.47. The van der Waals surface area contributed by atoms with Gasteiger partial charge in [-0.2, -0.15) is 10.5 Å². The van der Waals surface area contributed by atoms with Crippen LogP contribution in [-0.4, -0.2) is 36.6 Å². The summed E-state index contributed by atoms with van der Waals surface area (Å²) in [5.41, 5.74) is 1.12. The van der Waals surface area contributed by atoms with Crippen molar-refractivity contribution in [1.29, 1.82) is 10.5 Å². The number of rotatable bonds is 3. The maximum Gasteiger partial charge on any atom is 0.319 e. The molecule has 1 aliphatic heterocycles. The SMILES string of the molecule is N#CCN1CCC(NC(=O)Nc2cccc(C#N)c2)CC1. The predicted molar refractivity (Wildman–Crippen MR) is 78.4 cm³/mol. The highest BCUT2D eigenvalue weighted by molar-refractivity contribution is 5.89. The van der Waals surface area contributed by atoms with Crippen LogP contribution in [0.25, 0.3) is 0 Å². The third kappa shape index (κ3) is 4.48. The van der Waals surface area contributed by atoms with Crippen molar-refractivity contribution < 1.29 is 4.79 Å². The molecule has 0 spiro atoms. The molecule has 6 heteroatoms. The van der Waals surface area contributed by atoms with Crippen LogP contribution in [0.4, 0.5) is 10.5 Å². The number of hydrogen-bond donors (Lipinski definition) is 2. The number of nitrogens with one attached hydrogen (secondary N) is 2. The summed E-state index contributed by atoms with van der Waals surface area (Å²) >= 11 is 0. The van der Waals surface area contributed by atoms with Crippen LogP contribution in [0.5, 0.6) is 0 Å². The number of carbonyl (C=O) groups is 1. The van der Waals surface area contributed by atoms with Crippen molar-refractivity contribution in [2.24, 2.45) is 0 Å². The number of carbonyl (C=O) groups excluding carboxylic acids is 1. The highest BCUT2D eigenvalue weighted by atomic mass is 16.2. The van der Waals surface area contributed by atoms with E-state index < -0.39 is 0 Å². The molecule has 0 radical (unpaired) electrons. The van der Waals surface area contributed by atoms with Gasteiger partial charge in [0.25, 0.3) is 0 Å². The van der Waals surface area contributed by atoms with Crippen molar-refractivity contribution in [2.75, 3.05) is 25.0 Å². The molecule has 2 N–H and O–H groups in total. The van der Waals surface area contributed by atoms with Gasteiger partial charge in [-0.05, 0) is 31.0 Å². The van der Waals surface area contributed by atoms with Gasteiger partial charge in [-0.25, -0.2) is 4.79 Å². The normalized spacial score (nSPS) is 15.7. The van der Waals surface area contributed by atoms with Crippen molar-refractivity contribution in [1.82, 2.24) is 10.2 Å². The lowest BCUT2D eigenvalue weighted by Gasteiger charge is -2.30. The van der Waals surface area contributed by atoms with E-state index in [4.69, 9.17) is 10.5 Å². The maximum atomic E-state index is 11.9. The van der Waals surface area contributed by atoms with Crippen molar-refractivity contribution >= 4 is 11.7 Å². The van der Waals surface area contributed by atoms with E-state index in [1.807, 2.05) is 6.07 Å². The molecule has 21 heavy (non-hydrogen) atoms. The Morgan fingerprint density at radius 3 is 2.76 bits per heavy atom. The van der Waals surface area contributed by atoms with E-state index in [0.29, 0.717) is 17.8 Å². The maximum absolute atomic E-state index is 11.9. The molecule has 1 fully saturated rings. The summed E-state index contributed by atoms with van der Waals surface area (Å²) in [5, 5.41) is 23.1. The van der Waals surface area contributed by atoms with Gasteiger partial charge in [0.15, 0.2) is 0 Å². The lowest BCUT2D eigenvalue weighted by atomic mass is 10.1. The standard InChI is InChI=1S/C15H17N5O/c16-6-9-20-7-4-13(5-8-20)18-15(21)19-14-3-1-2-12(10-14)11-17/h1-3,10,13H,4-5,7-9H2,(H2,18,19,21). The van der Waals surface area contributed by atoms with Gasteiger partial charge in [-0.1, -0.05) is 6.07 Å². The fraction of sp³-hybridized carbons (Fsp3) is 0.400. The van der Waals surface area contributed by atoms with Crippen LogP contribution >= 0.6 is 0 Å². The molecule has 108 valence electrons. The molecule has 0 atom stereocenters. The Labute approximate surface area is 124 Å². The number of nitrogens with zero attached hydrogens (tertiary/aromatic N) is 3. The number of amides is 2. The molecule has 1 aromatic carbocycles. The Kier molecular flexibility index (Phi) is 5.14. The average molecular weight is 283 g/mol. The topological polar surface area (TPSA) is 91.9 Å². The Bertz CT molecular complexity index is 578. The van der Waals surface area contributed by atoms with Crippen LogP contribution < -0.4 is 10.6 Å². The van der Waals surface area contributed by atoms with Gasteiger partial charge in [0, 0.05) is 24.8 Å². The second kappa shape index (κ2) is 7.28. The number of urea groups is 1. The van der Waals surface area contributed by atoms with Gasteiger partial charge in [0.1, 0.15) is 0 Å². The molecule has 6 nitrogen and oxygen atoms in total. The first-order valence-electron chi connectivity index (χ1n) is 6.88. The van der Waals surface area contributed by atoms with Gasteiger partial charge in [0.2, 0.25) is 0 Å². The molecule has 1 saturated heterocycles. The summed E-state index contributed by atoms with van der Waals surface area (Å²) in [5.74, 6) is 0. The monoisotopic (exact) mass is 283 g/mol. The Morgan fingerprint density at radius 1 is 1.33 bits per heavy atom. The van der Waals surface area contributed by atoms with E-state index in [2.05, 4.69) is 21.6 Å². The minimum atomic E-state index is -0.260. The molecule has 1 heterocycles. The number of likely N-dealkylation sites (tertiary alicyclic amines) is 1. The van der Waals surface area contributed by atoms with Gasteiger partial charge < -0.3 is 10.6 Å². The van der Waals surface area contributed by atoms with Gasteiger partial charge in [-0.3, -0.25) is 4.90 Å². The first-order valence-corrected chi connectivity index (χ1v) is 6.88. The van der Waals surface area contributed by atoms with Crippen LogP contribution in [0.3, 0.4) is 0 Å². The molecule has 1 aliphatic rings. The largest absolute Gasteiger partial charge is 0.335 e. The van der Waals surface area contributed by atoms with E-state index in [-0.39, 0.29) is 12.1 Å². The van der Waals surface area contributed by atoms with Crippen LogP contribution in [0, 0.1) is 22.7 Å². The highest BCUT2D eigenvalue weighted by Gasteiger charge is 2.20. The lowest BCUT2D eigenvalue weighted by Crippen LogP contribution is -2.46. The number of piperidine rings is 1. The first kappa shape index (κ1) is 14.8. The molecule has 0 aliphatic carbocycles. The van der Waals surface area contributed by atoms with Gasteiger partial charge in [0.05, 0.1) is 24.2 Å². The van der Waals surface area contributed by atoms with Crippen LogP contribution in [0.2, 0.25) is 0 Å². The summed E-state index contributed by atoms with van der Waals surface area (Å²) in [6.07, 6.45) is 1.68.